The number of rotatable bonds is 1. The maximum atomic E-state index is 6.15. The van der Waals surface area contributed by atoms with Gasteiger partial charge in [-0.25, -0.2) is 0 Å². The molecule has 1 heterocycles. The summed E-state index contributed by atoms with van der Waals surface area (Å²) in [4.78, 5) is 0. The molecule has 13 heavy (non-hydrogen) atoms. The Hall–Kier alpha value is -0.530. The Labute approximate surface area is 83.1 Å². The van der Waals surface area contributed by atoms with Crippen LogP contribution in [0.15, 0.2) is 24.3 Å². The highest BCUT2D eigenvalue weighted by Crippen LogP contribution is 2.56. The molecule has 0 bridgehead atoms. The zero-order valence-electron chi connectivity index (χ0n) is 7.33. The first-order valence-corrected chi connectivity index (χ1v) is 5.21. The van der Waals surface area contributed by atoms with Gasteiger partial charge in [0.25, 0.3) is 0 Å². The van der Waals surface area contributed by atoms with Gasteiger partial charge in [0.2, 0.25) is 0 Å². The van der Waals surface area contributed by atoms with Gasteiger partial charge in [-0.05, 0) is 42.5 Å². The summed E-state index contributed by atoms with van der Waals surface area (Å²) in [5, 5.41) is 4.34. The molecule has 1 saturated heterocycles. The molecule has 0 aromatic heterocycles. The molecule has 1 aromatic carbocycles. The van der Waals surface area contributed by atoms with Crippen LogP contribution < -0.4 is 5.32 Å². The van der Waals surface area contributed by atoms with E-state index >= 15 is 0 Å². The molecule has 3 rings (SSSR count). The zero-order valence-corrected chi connectivity index (χ0v) is 8.09. The second kappa shape index (κ2) is 2.73. The van der Waals surface area contributed by atoms with Gasteiger partial charge in [0.1, 0.15) is 0 Å². The van der Waals surface area contributed by atoms with Gasteiger partial charge in [-0.2, -0.15) is 0 Å². The van der Waals surface area contributed by atoms with E-state index in [1.54, 1.807) is 0 Å². The Morgan fingerprint density at radius 1 is 1.15 bits per heavy atom. The second-order valence-corrected chi connectivity index (χ2v) is 4.44. The van der Waals surface area contributed by atoms with Crippen LogP contribution in [0.5, 0.6) is 0 Å². The fourth-order valence-electron chi connectivity index (χ4n) is 2.63. The molecule has 2 fully saturated rings. The van der Waals surface area contributed by atoms with Gasteiger partial charge in [0, 0.05) is 5.02 Å². The molecule has 0 radical (unpaired) electrons. The Bertz CT molecular complexity index is 327. The van der Waals surface area contributed by atoms with E-state index in [1.807, 2.05) is 12.1 Å². The predicted molar refractivity (Wildman–Crippen MR) is 54.0 cm³/mol. The summed E-state index contributed by atoms with van der Waals surface area (Å²) < 4.78 is 0. The average molecular weight is 194 g/mol. The molecule has 68 valence electrons. The van der Waals surface area contributed by atoms with Gasteiger partial charge in [0.05, 0.1) is 0 Å². The molecule has 2 atom stereocenters. The van der Waals surface area contributed by atoms with E-state index in [1.165, 1.54) is 18.7 Å². The minimum absolute atomic E-state index is 0.745. The Kier molecular flexibility index (Phi) is 1.64. The molecule has 1 aliphatic carbocycles. The smallest absolute Gasteiger partial charge is 0.0441 e. The third-order valence-electron chi connectivity index (χ3n) is 3.36. The summed E-state index contributed by atoms with van der Waals surface area (Å²) in [7, 11) is 0. The van der Waals surface area contributed by atoms with Crippen molar-refractivity contribution in [3.63, 3.8) is 0 Å². The molecular weight excluding hydrogens is 182 g/mol. The molecule has 0 amide bonds. The lowest BCUT2D eigenvalue weighted by molar-refractivity contribution is 0.684. The highest BCUT2D eigenvalue weighted by Gasteiger charge is 2.53. The van der Waals surface area contributed by atoms with Gasteiger partial charge in [-0.15, -0.1) is 0 Å². The van der Waals surface area contributed by atoms with Gasteiger partial charge < -0.3 is 5.32 Å². The van der Waals surface area contributed by atoms with Crippen molar-refractivity contribution in [2.75, 3.05) is 13.1 Å². The predicted octanol–water partition coefficient (Wildman–Crippen LogP) is 2.27. The van der Waals surface area contributed by atoms with Gasteiger partial charge in [0.15, 0.2) is 0 Å². The number of fused-ring (bicyclic) bond motifs is 1. The summed E-state index contributed by atoms with van der Waals surface area (Å²) in [6.45, 7) is 2.36. The molecule has 1 N–H and O–H groups in total. The van der Waals surface area contributed by atoms with Crippen LogP contribution in [0.4, 0.5) is 0 Å². The van der Waals surface area contributed by atoms with E-state index in [9.17, 15) is 0 Å². The Morgan fingerprint density at radius 3 is 2.54 bits per heavy atom. The highest BCUT2D eigenvalue weighted by molar-refractivity contribution is 6.31. The maximum Gasteiger partial charge on any atom is 0.0441 e. The van der Waals surface area contributed by atoms with Crippen LogP contribution >= 0.6 is 11.6 Å². The van der Waals surface area contributed by atoms with E-state index in [0.717, 1.165) is 22.8 Å². The minimum atomic E-state index is 0.745. The highest BCUT2D eigenvalue weighted by atomic mass is 35.5. The summed E-state index contributed by atoms with van der Waals surface area (Å²) >= 11 is 6.15. The third-order valence-corrected chi connectivity index (χ3v) is 3.70. The van der Waals surface area contributed by atoms with Crippen molar-refractivity contribution in [1.82, 2.24) is 5.32 Å². The van der Waals surface area contributed by atoms with Crippen LogP contribution in [-0.4, -0.2) is 13.1 Å². The molecule has 2 unspecified atom stereocenters. The van der Waals surface area contributed by atoms with Crippen molar-refractivity contribution in [3.8, 4) is 0 Å². The first-order chi connectivity index (χ1) is 6.38. The van der Waals surface area contributed by atoms with Gasteiger partial charge >= 0.3 is 0 Å². The van der Waals surface area contributed by atoms with Crippen molar-refractivity contribution in [1.29, 1.82) is 0 Å². The second-order valence-electron chi connectivity index (χ2n) is 4.03. The molecular formula is C11H12ClN. The van der Waals surface area contributed by atoms with Crippen LogP contribution in [0, 0.1) is 11.8 Å². The fraction of sp³-hybridized carbons (Fsp3) is 0.455. The number of halogens is 1. The molecule has 2 heteroatoms. The summed E-state index contributed by atoms with van der Waals surface area (Å²) in [6.07, 6.45) is 0. The lowest BCUT2D eigenvalue weighted by atomic mass is 10.1. The number of nitrogens with one attached hydrogen (secondary N) is 1. The quantitative estimate of drug-likeness (QED) is 0.722. The number of piperidine rings is 1. The van der Waals surface area contributed by atoms with Crippen molar-refractivity contribution in [2.45, 2.75) is 5.92 Å². The molecule has 1 nitrogen and oxygen atoms in total. The van der Waals surface area contributed by atoms with E-state index in [4.69, 9.17) is 11.6 Å². The fourth-order valence-corrected chi connectivity index (χ4v) is 2.89. The van der Waals surface area contributed by atoms with E-state index < -0.39 is 0 Å². The summed E-state index contributed by atoms with van der Waals surface area (Å²) in [6, 6.07) is 8.26. The monoisotopic (exact) mass is 193 g/mol. The summed E-state index contributed by atoms with van der Waals surface area (Å²) in [5.41, 5.74) is 1.36. The van der Waals surface area contributed by atoms with Crippen molar-refractivity contribution >= 4 is 11.6 Å². The number of hydrogen-bond donors (Lipinski definition) is 1. The zero-order chi connectivity index (χ0) is 8.84. The third kappa shape index (κ3) is 1.11. The van der Waals surface area contributed by atoms with Crippen molar-refractivity contribution < 1.29 is 0 Å². The average Bonchev–Trinajstić information content (AvgIpc) is 2.61. The Balaban J connectivity index is 1.91. The maximum absolute atomic E-state index is 6.15. The molecule has 1 aromatic rings. The first kappa shape index (κ1) is 7.84. The van der Waals surface area contributed by atoms with Crippen LogP contribution in [0.3, 0.4) is 0 Å². The van der Waals surface area contributed by atoms with Gasteiger partial charge in [-0.1, -0.05) is 29.8 Å². The van der Waals surface area contributed by atoms with E-state index in [0.29, 0.717) is 0 Å². The van der Waals surface area contributed by atoms with E-state index in [-0.39, 0.29) is 0 Å². The van der Waals surface area contributed by atoms with E-state index in [2.05, 4.69) is 17.4 Å². The summed E-state index contributed by atoms with van der Waals surface area (Å²) in [5.74, 6) is 2.47. The van der Waals surface area contributed by atoms with Crippen LogP contribution in [-0.2, 0) is 0 Å². The molecule has 0 spiro atoms. The minimum Gasteiger partial charge on any atom is -0.316 e. The van der Waals surface area contributed by atoms with Crippen LogP contribution in [0.2, 0.25) is 5.02 Å². The standard InChI is InChI=1S/C11H12ClN/c12-10-4-2-1-3-7(10)11-8-5-13-6-9(8)11/h1-4,8-9,11,13H,5-6H2. The van der Waals surface area contributed by atoms with Crippen molar-refractivity contribution in [2.24, 2.45) is 11.8 Å². The lowest BCUT2D eigenvalue weighted by Crippen LogP contribution is -2.14. The number of hydrogen-bond acceptors (Lipinski definition) is 1. The van der Waals surface area contributed by atoms with Gasteiger partial charge in [-0.3, -0.25) is 0 Å². The molecule has 1 aliphatic heterocycles. The van der Waals surface area contributed by atoms with Crippen LogP contribution in [0.25, 0.3) is 0 Å². The molecule has 2 aliphatic rings. The number of benzene rings is 1. The lowest BCUT2D eigenvalue weighted by Gasteiger charge is -2.06. The largest absolute Gasteiger partial charge is 0.316 e. The van der Waals surface area contributed by atoms with Crippen molar-refractivity contribution in [3.05, 3.63) is 34.9 Å². The molecule has 1 saturated carbocycles. The SMILES string of the molecule is Clc1ccccc1C1C2CNCC21. The Morgan fingerprint density at radius 2 is 1.85 bits per heavy atom. The normalized spacial score (nSPS) is 35.9. The van der Waals surface area contributed by atoms with Crippen LogP contribution in [0.1, 0.15) is 11.5 Å². The first-order valence-electron chi connectivity index (χ1n) is 4.83. The topological polar surface area (TPSA) is 12.0 Å².